The Labute approximate surface area is 98.0 Å². The Hall–Kier alpha value is -1.81. The van der Waals surface area contributed by atoms with Crippen LogP contribution in [-0.2, 0) is 6.61 Å². The summed E-state index contributed by atoms with van der Waals surface area (Å²) in [6.07, 6.45) is 1.47. The minimum absolute atomic E-state index is 0.136. The molecule has 0 amide bonds. The number of hydrogen-bond acceptors (Lipinski definition) is 4. The van der Waals surface area contributed by atoms with Crippen LogP contribution in [0.4, 0.5) is 5.95 Å². The van der Waals surface area contributed by atoms with Crippen LogP contribution in [0.25, 0.3) is 0 Å². The van der Waals surface area contributed by atoms with E-state index in [0.29, 0.717) is 12.4 Å². The molecule has 0 spiro atoms. The first-order chi connectivity index (χ1) is 7.75. The van der Waals surface area contributed by atoms with E-state index in [9.17, 15) is 0 Å². The van der Waals surface area contributed by atoms with Gasteiger partial charge in [0.05, 0.1) is 6.20 Å². The van der Waals surface area contributed by atoms with Crippen molar-refractivity contribution >= 4 is 17.5 Å². The number of hydrogen-bond donors (Lipinski definition) is 1. The van der Waals surface area contributed by atoms with Crippen LogP contribution in [-0.4, -0.2) is 9.97 Å². The first-order valence-electron chi connectivity index (χ1n) is 4.70. The van der Waals surface area contributed by atoms with Crippen LogP contribution in [0, 0.1) is 0 Å². The summed E-state index contributed by atoms with van der Waals surface area (Å²) in [6.45, 7) is 0.424. The lowest BCUT2D eigenvalue weighted by Gasteiger charge is -2.06. The van der Waals surface area contributed by atoms with Crippen molar-refractivity contribution in [3.63, 3.8) is 0 Å². The molecule has 0 atom stereocenters. The normalized spacial score (nSPS) is 10.1. The maximum atomic E-state index is 5.84. The Morgan fingerprint density at radius 1 is 1.25 bits per heavy atom. The molecule has 0 saturated carbocycles. The summed E-state index contributed by atoms with van der Waals surface area (Å²) in [6, 6.07) is 9.76. The molecule has 82 valence electrons. The largest absolute Gasteiger partial charge is 0.484 e. The highest BCUT2D eigenvalue weighted by Gasteiger charge is 2.04. The van der Waals surface area contributed by atoms with E-state index >= 15 is 0 Å². The maximum absolute atomic E-state index is 5.84. The Balaban J connectivity index is 2.05. The maximum Gasteiger partial charge on any atom is 0.221 e. The smallest absolute Gasteiger partial charge is 0.221 e. The fraction of sp³-hybridized carbons (Fsp3) is 0.0909. The zero-order valence-electron chi connectivity index (χ0n) is 8.43. The molecule has 5 heteroatoms. The van der Waals surface area contributed by atoms with Crippen LogP contribution < -0.4 is 10.5 Å². The third kappa shape index (κ3) is 2.61. The van der Waals surface area contributed by atoms with Gasteiger partial charge in [-0.3, -0.25) is 0 Å². The average Bonchev–Trinajstić information content (AvgIpc) is 2.29. The molecule has 0 aliphatic rings. The summed E-state index contributed by atoms with van der Waals surface area (Å²) < 4.78 is 5.47. The van der Waals surface area contributed by atoms with Gasteiger partial charge in [-0.1, -0.05) is 41.9 Å². The van der Waals surface area contributed by atoms with Gasteiger partial charge >= 0.3 is 0 Å². The van der Waals surface area contributed by atoms with Gasteiger partial charge in [-0.15, -0.1) is 0 Å². The second kappa shape index (κ2) is 4.81. The van der Waals surface area contributed by atoms with Crippen LogP contribution in [0.5, 0.6) is 5.75 Å². The van der Waals surface area contributed by atoms with Crippen molar-refractivity contribution in [2.75, 3.05) is 5.73 Å². The van der Waals surface area contributed by atoms with E-state index in [4.69, 9.17) is 22.1 Å². The van der Waals surface area contributed by atoms with Crippen molar-refractivity contribution in [3.05, 3.63) is 47.2 Å². The minimum atomic E-state index is 0.136. The number of anilines is 1. The summed E-state index contributed by atoms with van der Waals surface area (Å²) >= 11 is 5.84. The van der Waals surface area contributed by atoms with Gasteiger partial charge in [0.15, 0.2) is 10.9 Å². The summed E-state index contributed by atoms with van der Waals surface area (Å²) in [5.74, 6) is 0.566. The molecule has 1 aromatic carbocycles. The van der Waals surface area contributed by atoms with Crippen molar-refractivity contribution in [2.45, 2.75) is 6.61 Å². The molecular formula is C11H10ClN3O. The Kier molecular flexibility index (Phi) is 3.22. The molecule has 4 nitrogen and oxygen atoms in total. The van der Waals surface area contributed by atoms with Gasteiger partial charge in [0.1, 0.15) is 6.61 Å². The fourth-order valence-corrected chi connectivity index (χ4v) is 1.38. The van der Waals surface area contributed by atoms with E-state index in [1.165, 1.54) is 6.20 Å². The highest BCUT2D eigenvalue weighted by molar-refractivity contribution is 6.30. The summed E-state index contributed by atoms with van der Waals surface area (Å²) in [4.78, 5) is 7.60. The average molecular weight is 236 g/mol. The fourth-order valence-electron chi connectivity index (χ4n) is 1.19. The van der Waals surface area contributed by atoms with Gasteiger partial charge in [-0.2, -0.15) is 4.98 Å². The quantitative estimate of drug-likeness (QED) is 0.830. The number of halogens is 1. The summed E-state index contributed by atoms with van der Waals surface area (Å²) in [5.41, 5.74) is 6.42. The highest BCUT2D eigenvalue weighted by atomic mass is 35.5. The van der Waals surface area contributed by atoms with Crippen LogP contribution in [0.1, 0.15) is 5.56 Å². The Morgan fingerprint density at radius 3 is 2.69 bits per heavy atom. The molecule has 0 radical (unpaired) electrons. The molecular weight excluding hydrogens is 226 g/mol. The molecule has 2 N–H and O–H groups in total. The van der Waals surface area contributed by atoms with E-state index < -0.39 is 0 Å². The molecule has 0 aliphatic heterocycles. The van der Waals surface area contributed by atoms with E-state index in [2.05, 4.69) is 9.97 Å². The van der Waals surface area contributed by atoms with Crippen molar-refractivity contribution < 1.29 is 4.74 Å². The number of nitrogen functional groups attached to an aromatic ring is 1. The Bertz CT molecular complexity index is 476. The van der Waals surface area contributed by atoms with Gasteiger partial charge in [0, 0.05) is 0 Å². The van der Waals surface area contributed by atoms with Gasteiger partial charge in [-0.05, 0) is 5.56 Å². The molecule has 0 aliphatic carbocycles. The number of aromatic nitrogens is 2. The van der Waals surface area contributed by atoms with Gasteiger partial charge in [-0.25, -0.2) is 4.98 Å². The number of benzene rings is 1. The zero-order valence-corrected chi connectivity index (χ0v) is 9.19. The third-order valence-electron chi connectivity index (χ3n) is 1.97. The molecule has 0 unspecified atom stereocenters. The van der Waals surface area contributed by atoms with E-state index in [1.54, 1.807) is 0 Å². The molecule has 2 rings (SSSR count). The van der Waals surface area contributed by atoms with Crippen molar-refractivity contribution in [1.82, 2.24) is 9.97 Å². The van der Waals surface area contributed by atoms with Crippen molar-refractivity contribution in [1.29, 1.82) is 0 Å². The van der Waals surface area contributed by atoms with Crippen LogP contribution in [0.15, 0.2) is 36.5 Å². The van der Waals surface area contributed by atoms with E-state index in [0.717, 1.165) is 5.56 Å². The van der Waals surface area contributed by atoms with E-state index in [-0.39, 0.29) is 11.1 Å². The molecule has 0 bridgehead atoms. The first-order valence-corrected chi connectivity index (χ1v) is 5.08. The van der Waals surface area contributed by atoms with E-state index in [1.807, 2.05) is 30.3 Å². The van der Waals surface area contributed by atoms with Gasteiger partial charge in [0.2, 0.25) is 5.95 Å². The molecule has 16 heavy (non-hydrogen) atoms. The molecule has 1 aromatic heterocycles. The monoisotopic (exact) mass is 235 g/mol. The number of nitrogens with two attached hydrogens (primary N) is 1. The highest BCUT2D eigenvalue weighted by Crippen LogP contribution is 2.22. The molecule has 2 aromatic rings. The van der Waals surface area contributed by atoms with Crippen molar-refractivity contribution in [2.24, 2.45) is 0 Å². The lowest BCUT2D eigenvalue weighted by Crippen LogP contribution is -2.00. The predicted molar refractivity (Wildman–Crippen MR) is 62.2 cm³/mol. The Morgan fingerprint density at radius 2 is 2.00 bits per heavy atom. The summed E-state index contributed by atoms with van der Waals surface area (Å²) in [7, 11) is 0. The third-order valence-corrected chi connectivity index (χ3v) is 2.24. The number of rotatable bonds is 3. The second-order valence-electron chi connectivity index (χ2n) is 3.16. The van der Waals surface area contributed by atoms with Crippen LogP contribution in [0.2, 0.25) is 5.15 Å². The SMILES string of the molecule is Nc1ncc(OCc2ccccc2)c(Cl)n1. The molecule has 0 fully saturated rings. The number of nitrogens with zero attached hydrogens (tertiary/aromatic N) is 2. The van der Waals surface area contributed by atoms with Gasteiger partial charge in [0.25, 0.3) is 0 Å². The van der Waals surface area contributed by atoms with Crippen LogP contribution in [0.3, 0.4) is 0 Å². The number of ether oxygens (including phenoxy) is 1. The summed E-state index contributed by atoms with van der Waals surface area (Å²) in [5, 5.41) is 0.225. The molecule has 0 saturated heterocycles. The van der Waals surface area contributed by atoms with Gasteiger partial charge < -0.3 is 10.5 Å². The zero-order chi connectivity index (χ0) is 11.4. The lowest BCUT2D eigenvalue weighted by molar-refractivity contribution is 0.304. The predicted octanol–water partition coefficient (Wildman–Crippen LogP) is 2.29. The minimum Gasteiger partial charge on any atom is -0.484 e. The first kappa shape index (κ1) is 10.7. The lowest BCUT2D eigenvalue weighted by atomic mass is 10.2. The second-order valence-corrected chi connectivity index (χ2v) is 3.52. The van der Waals surface area contributed by atoms with Crippen LogP contribution >= 0.6 is 11.6 Å². The standard InChI is InChI=1S/C11H10ClN3O/c12-10-9(6-14-11(13)15-10)16-7-8-4-2-1-3-5-8/h1-6H,7H2,(H2,13,14,15). The van der Waals surface area contributed by atoms with Crippen molar-refractivity contribution in [3.8, 4) is 5.75 Å². The molecule has 1 heterocycles. The topological polar surface area (TPSA) is 61.0 Å².